The van der Waals surface area contributed by atoms with Crippen molar-refractivity contribution in [1.82, 2.24) is 5.32 Å². The normalized spacial score (nSPS) is 12.2. The van der Waals surface area contributed by atoms with Gasteiger partial charge in [-0.2, -0.15) is 0 Å². The molecule has 4 rings (SSSR count). The Labute approximate surface area is 280 Å². The Balaban J connectivity index is 1.42. The first-order valence-corrected chi connectivity index (χ1v) is 18.1. The highest BCUT2D eigenvalue weighted by atomic mass is 32.2. The summed E-state index contributed by atoms with van der Waals surface area (Å²) in [6.07, 6.45) is 2.57. The Hall–Kier alpha value is -4.04. The largest absolute Gasteiger partial charge is 0.506 e. The number of benzene rings is 4. The average molecular weight is 660 g/mol. The molecule has 0 aliphatic rings. The molecule has 0 heterocycles. The number of rotatable bonds is 15. The van der Waals surface area contributed by atoms with Gasteiger partial charge in [-0.05, 0) is 66.8 Å². The Bertz CT molecular complexity index is 1810. The van der Waals surface area contributed by atoms with Crippen LogP contribution in [0.1, 0.15) is 87.9 Å². The number of phenols is 1. The maximum absolute atomic E-state index is 13.3. The first kappa shape index (κ1) is 35.8. The van der Waals surface area contributed by atoms with Gasteiger partial charge in [0.15, 0.2) is 9.84 Å². The van der Waals surface area contributed by atoms with Crippen molar-refractivity contribution in [3.8, 4) is 17.2 Å². The molecule has 4 aromatic rings. The fourth-order valence-electron chi connectivity index (χ4n) is 5.30. The first-order valence-electron chi connectivity index (χ1n) is 16.4. The molecule has 0 saturated heterocycles. The van der Waals surface area contributed by atoms with E-state index < -0.39 is 15.7 Å². The number of fused-ring (bicyclic) bond motifs is 1. The predicted molar refractivity (Wildman–Crippen MR) is 190 cm³/mol. The number of hydrogen-bond donors (Lipinski definition) is 2. The minimum absolute atomic E-state index is 0.0539. The fraction of sp³-hybridized carbons (Fsp3) is 0.410. The van der Waals surface area contributed by atoms with Crippen molar-refractivity contribution in [2.45, 2.75) is 83.5 Å². The summed E-state index contributed by atoms with van der Waals surface area (Å²) in [6, 6.07) is 21.7. The zero-order valence-electron chi connectivity index (χ0n) is 28.8. The third-order valence-corrected chi connectivity index (χ3v) is 11.0. The number of nitrogens with one attached hydrogen (secondary N) is 1. The molecule has 0 bridgehead atoms. The van der Waals surface area contributed by atoms with Crippen LogP contribution in [-0.4, -0.2) is 44.9 Å². The molecule has 0 fully saturated rings. The minimum Gasteiger partial charge on any atom is -0.506 e. The Morgan fingerprint density at radius 3 is 2.11 bits per heavy atom. The van der Waals surface area contributed by atoms with Crippen LogP contribution in [0.15, 0.2) is 77.7 Å². The smallest absolute Gasteiger partial charge is 0.255 e. The van der Waals surface area contributed by atoms with E-state index in [9.17, 15) is 18.3 Å². The molecule has 0 atom stereocenters. The van der Waals surface area contributed by atoms with Crippen molar-refractivity contribution in [2.24, 2.45) is 0 Å². The van der Waals surface area contributed by atoms with Gasteiger partial charge in [0.1, 0.15) is 23.9 Å². The van der Waals surface area contributed by atoms with Crippen LogP contribution in [0, 0.1) is 6.92 Å². The van der Waals surface area contributed by atoms with Crippen LogP contribution in [0.4, 0.5) is 0 Å². The van der Waals surface area contributed by atoms with Crippen molar-refractivity contribution in [1.29, 1.82) is 0 Å². The van der Waals surface area contributed by atoms with Crippen LogP contribution in [0.3, 0.4) is 0 Å². The van der Waals surface area contributed by atoms with E-state index in [-0.39, 0.29) is 39.4 Å². The molecular weight excluding hydrogens is 610 g/mol. The second kappa shape index (κ2) is 14.8. The molecule has 0 unspecified atom stereocenters. The summed E-state index contributed by atoms with van der Waals surface area (Å²) >= 11 is 0. The van der Waals surface area contributed by atoms with Gasteiger partial charge in [0.05, 0.1) is 22.8 Å². The van der Waals surface area contributed by atoms with Gasteiger partial charge in [-0.3, -0.25) is 4.79 Å². The van der Waals surface area contributed by atoms with Crippen LogP contribution in [0.2, 0.25) is 0 Å². The van der Waals surface area contributed by atoms with Crippen LogP contribution >= 0.6 is 0 Å². The first-order chi connectivity index (χ1) is 22.2. The van der Waals surface area contributed by atoms with E-state index in [1.807, 2.05) is 6.92 Å². The number of carbonyl (C=O) groups is 1. The van der Waals surface area contributed by atoms with Crippen molar-refractivity contribution in [3.05, 3.63) is 95.1 Å². The van der Waals surface area contributed by atoms with Gasteiger partial charge in [0, 0.05) is 22.9 Å². The maximum Gasteiger partial charge on any atom is 0.255 e. The topological polar surface area (TPSA) is 102 Å². The lowest BCUT2D eigenvalue weighted by atomic mass is 9.76. The summed E-state index contributed by atoms with van der Waals surface area (Å²) in [5.41, 5.74) is 3.52. The highest BCUT2D eigenvalue weighted by Crippen LogP contribution is 2.39. The SMILES string of the molecule is CCC(C)(C)c1ccc(OCCCNC(=O)c2cc(OCCS(=O)(=O)c3ccc(C)cc3)c3ccccc3c2O)c(C(C)(C)CC)c1. The lowest BCUT2D eigenvalue weighted by Gasteiger charge is -2.30. The molecule has 47 heavy (non-hydrogen) atoms. The van der Waals surface area contributed by atoms with E-state index in [0.29, 0.717) is 36.1 Å². The van der Waals surface area contributed by atoms with Crippen LogP contribution in [0.25, 0.3) is 10.8 Å². The zero-order valence-corrected chi connectivity index (χ0v) is 29.6. The van der Waals surface area contributed by atoms with Gasteiger partial charge in [-0.15, -0.1) is 0 Å². The summed E-state index contributed by atoms with van der Waals surface area (Å²) in [5.74, 6) is 0.340. The van der Waals surface area contributed by atoms with Crippen LogP contribution in [-0.2, 0) is 20.7 Å². The molecule has 0 saturated carbocycles. The van der Waals surface area contributed by atoms with Gasteiger partial charge in [0.25, 0.3) is 5.91 Å². The molecule has 8 heteroatoms. The Morgan fingerprint density at radius 1 is 0.809 bits per heavy atom. The second-order valence-electron chi connectivity index (χ2n) is 13.4. The minimum atomic E-state index is -3.56. The molecule has 7 nitrogen and oxygen atoms in total. The lowest BCUT2D eigenvalue weighted by molar-refractivity contribution is 0.0948. The van der Waals surface area contributed by atoms with E-state index in [0.717, 1.165) is 24.2 Å². The number of sulfone groups is 1. The summed E-state index contributed by atoms with van der Waals surface area (Å²) < 4.78 is 37.9. The molecule has 0 aliphatic heterocycles. The molecule has 252 valence electrons. The second-order valence-corrected chi connectivity index (χ2v) is 15.5. The van der Waals surface area contributed by atoms with Crippen molar-refractivity contribution < 1.29 is 27.8 Å². The van der Waals surface area contributed by atoms with Gasteiger partial charge in [-0.25, -0.2) is 8.42 Å². The number of hydrogen-bond acceptors (Lipinski definition) is 6. The molecule has 0 radical (unpaired) electrons. The third-order valence-electron chi connectivity index (χ3n) is 9.33. The molecule has 0 spiro atoms. The van der Waals surface area contributed by atoms with E-state index in [1.54, 1.807) is 48.5 Å². The molecule has 0 aromatic heterocycles. The van der Waals surface area contributed by atoms with Gasteiger partial charge < -0.3 is 19.9 Å². The van der Waals surface area contributed by atoms with Crippen LogP contribution < -0.4 is 14.8 Å². The standard InChI is InChI=1S/C39H49NO6S/c1-8-38(4,5)28-17-20-34(33(25-28)39(6,7)9-2)45-22-12-21-40-37(42)32-26-35(30-13-10-11-14-31(30)36(32)41)46-23-24-47(43,44)29-18-15-27(3)16-19-29/h10-11,13-20,25-26,41H,8-9,12,21-24H2,1-7H3,(H,40,42). The van der Waals surface area contributed by atoms with Crippen molar-refractivity contribution in [2.75, 3.05) is 25.5 Å². The number of amides is 1. The number of aryl methyl sites for hydroxylation is 1. The van der Waals surface area contributed by atoms with Gasteiger partial charge >= 0.3 is 0 Å². The molecule has 4 aromatic carbocycles. The van der Waals surface area contributed by atoms with E-state index in [1.165, 1.54) is 17.2 Å². The van der Waals surface area contributed by atoms with E-state index >= 15 is 0 Å². The quantitative estimate of drug-likeness (QED) is 0.125. The van der Waals surface area contributed by atoms with Crippen molar-refractivity contribution in [3.63, 3.8) is 0 Å². The number of aromatic hydroxyl groups is 1. The summed E-state index contributed by atoms with van der Waals surface area (Å²) in [7, 11) is -3.56. The highest BCUT2D eigenvalue weighted by molar-refractivity contribution is 7.91. The lowest BCUT2D eigenvalue weighted by Crippen LogP contribution is -2.26. The summed E-state index contributed by atoms with van der Waals surface area (Å²) in [6.45, 7) is 15.9. The number of ether oxygens (including phenoxy) is 2. The van der Waals surface area contributed by atoms with Gasteiger partial charge in [0.2, 0.25) is 0 Å². The zero-order chi connectivity index (χ0) is 34.4. The van der Waals surface area contributed by atoms with Crippen molar-refractivity contribution >= 4 is 26.5 Å². The Kier molecular flexibility index (Phi) is 11.3. The molecule has 1 amide bonds. The summed E-state index contributed by atoms with van der Waals surface area (Å²) in [5, 5.41) is 14.9. The monoisotopic (exact) mass is 659 g/mol. The average Bonchev–Trinajstić information content (AvgIpc) is 3.05. The highest BCUT2D eigenvalue weighted by Gasteiger charge is 2.27. The van der Waals surface area contributed by atoms with E-state index in [2.05, 4.69) is 65.1 Å². The number of carbonyl (C=O) groups excluding carboxylic acids is 1. The van der Waals surface area contributed by atoms with Gasteiger partial charge in [-0.1, -0.05) is 95.6 Å². The number of phenolic OH excluding ortho intramolecular Hbond substituents is 1. The Morgan fingerprint density at radius 2 is 1.45 bits per heavy atom. The maximum atomic E-state index is 13.3. The summed E-state index contributed by atoms with van der Waals surface area (Å²) in [4.78, 5) is 13.5. The van der Waals surface area contributed by atoms with E-state index in [4.69, 9.17) is 9.47 Å². The molecule has 2 N–H and O–H groups in total. The predicted octanol–water partition coefficient (Wildman–Crippen LogP) is 8.28. The van der Waals surface area contributed by atoms with Crippen LogP contribution in [0.5, 0.6) is 17.2 Å². The fourth-order valence-corrected chi connectivity index (χ4v) is 6.38. The third kappa shape index (κ3) is 8.47. The molecule has 0 aliphatic carbocycles. The molecular formula is C39H49NO6S.